The molecule has 0 aromatic heterocycles. The molecule has 1 fully saturated rings. The molecule has 3 rings (SSSR count). The highest BCUT2D eigenvalue weighted by atomic mass is 19.4. The number of carbonyl (C=O) groups is 1. The summed E-state index contributed by atoms with van der Waals surface area (Å²) in [5.74, 6) is 5.28. The van der Waals surface area contributed by atoms with Crippen LogP contribution in [0.25, 0.3) is 0 Å². The number of hydrogen-bond donors (Lipinski definition) is 1. The largest absolute Gasteiger partial charge is 0.416 e. The maximum Gasteiger partial charge on any atom is 0.416 e. The van der Waals surface area contributed by atoms with Crippen molar-refractivity contribution in [2.75, 3.05) is 19.8 Å². The fourth-order valence-corrected chi connectivity index (χ4v) is 3.34. The highest BCUT2D eigenvalue weighted by Gasteiger charge is 2.41. The molecule has 0 unspecified atom stereocenters. The maximum absolute atomic E-state index is 12.9. The zero-order valence-corrected chi connectivity index (χ0v) is 15.2. The Morgan fingerprint density at radius 1 is 1.07 bits per heavy atom. The van der Waals surface area contributed by atoms with E-state index in [1.54, 1.807) is 0 Å². The minimum atomic E-state index is -4.41. The van der Waals surface area contributed by atoms with Crippen LogP contribution in [0.5, 0.6) is 0 Å². The average Bonchev–Trinajstić information content (AvgIpc) is 2.72. The second-order valence-corrected chi connectivity index (χ2v) is 6.62. The van der Waals surface area contributed by atoms with Gasteiger partial charge in [0.1, 0.15) is 0 Å². The molecule has 28 heavy (non-hydrogen) atoms. The van der Waals surface area contributed by atoms with Crippen LogP contribution in [0.4, 0.5) is 13.2 Å². The summed E-state index contributed by atoms with van der Waals surface area (Å²) >= 11 is 0. The van der Waals surface area contributed by atoms with Crippen molar-refractivity contribution in [3.63, 3.8) is 0 Å². The van der Waals surface area contributed by atoms with Crippen LogP contribution in [0.3, 0.4) is 0 Å². The average molecular weight is 387 g/mol. The molecule has 3 nitrogen and oxygen atoms in total. The van der Waals surface area contributed by atoms with Crippen LogP contribution in [0.15, 0.2) is 54.6 Å². The molecule has 2 aromatic carbocycles. The van der Waals surface area contributed by atoms with E-state index in [1.807, 2.05) is 30.3 Å². The lowest BCUT2D eigenvalue weighted by Crippen LogP contribution is -2.48. The number of rotatable bonds is 3. The maximum atomic E-state index is 12.9. The van der Waals surface area contributed by atoms with Crippen LogP contribution in [0.2, 0.25) is 0 Å². The predicted octanol–water partition coefficient (Wildman–Crippen LogP) is 3.92. The Balaban J connectivity index is 1.69. The van der Waals surface area contributed by atoms with Gasteiger partial charge in [-0.2, -0.15) is 13.2 Å². The third-order valence-electron chi connectivity index (χ3n) is 4.87. The zero-order chi connectivity index (χ0) is 20.0. The van der Waals surface area contributed by atoms with Crippen LogP contribution in [0, 0.1) is 11.8 Å². The molecule has 0 saturated carbocycles. The topological polar surface area (TPSA) is 38.3 Å². The van der Waals surface area contributed by atoms with E-state index in [0.29, 0.717) is 26.1 Å². The van der Waals surface area contributed by atoms with Gasteiger partial charge in [-0.3, -0.25) is 4.79 Å². The van der Waals surface area contributed by atoms with Crippen molar-refractivity contribution in [3.8, 4) is 11.8 Å². The van der Waals surface area contributed by atoms with Gasteiger partial charge in [-0.05, 0) is 36.6 Å². The van der Waals surface area contributed by atoms with Gasteiger partial charge in [-0.25, -0.2) is 0 Å². The number of amides is 1. The van der Waals surface area contributed by atoms with Gasteiger partial charge in [0.05, 0.1) is 17.5 Å². The fraction of sp³-hybridized carbons (Fsp3) is 0.318. The van der Waals surface area contributed by atoms with Crippen LogP contribution < -0.4 is 5.32 Å². The van der Waals surface area contributed by atoms with Crippen molar-refractivity contribution in [1.29, 1.82) is 0 Å². The van der Waals surface area contributed by atoms with E-state index in [9.17, 15) is 18.0 Å². The Bertz CT molecular complexity index is 876. The number of alkyl halides is 3. The molecule has 1 saturated heterocycles. The number of hydrogen-bond acceptors (Lipinski definition) is 2. The molecule has 1 amide bonds. The molecule has 1 heterocycles. The molecule has 0 spiro atoms. The number of ether oxygens (including phenoxy) is 1. The van der Waals surface area contributed by atoms with Gasteiger partial charge in [-0.1, -0.05) is 48.2 Å². The Labute approximate surface area is 161 Å². The lowest BCUT2D eigenvalue weighted by atomic mass is 9.73. The van der Waals surface area contributed by atoms with Gasteiger partial charge in [-0.15, -0.1) is 0 Å². The molecule has 0 atom stereocenters. The van der Waals surface area contributed by atoms with Gasteiger partial charge in [0, 0.05) is 18.8 Å². The summed E-state index contributed by atoms with van der Waals surface area (Å²) in [6.45, 7) is 1.06. The zero-order valence-electron chi connectivity index (χ0n) is 15.2. The van der Waals surface area contributed by atoms with E-state index in [-0.39, 0.29) is 18.0 Å². The Morgan fingerprint density at radius 3 is 2.46 bits per heavy atom. The minimum absolute atomic E-state index is 0.0600. The molecule has 0 aliphatic carbocycles. The Hall–Kier alpha value is -2.78. The summed E-state index contributed by atoms with van der Waals surface area (Å²) < 4.78 is 43.7. The first kappa shape index (κ1) is 20.0. The second kappa shape index (κ2) is 8.49. The highest BCUT2D eigenvalue weighted by Crippen LogP contribution is 2.35. The Morgan fingerprint density at radius 2 is 1.79 bits per heavy atom. The summed E-state index contributed by atoms with van der Waals surface area (Å²) in [7, 11) is 0. The number of halogens is 3. The normalized spacial score (nSPS) is 16.0. The summed E-state index contributed by atoms with van der Waals surface area (Å²) in [6, 6.07) is 14.4. The number of benzene rings is 2. The van der Waals surface area contributed by atoms with Crippen molar-refractivity contribution in [3.05, 3.63) is 71.3 Å². The lowest BCUT2D eigenvalue weighted by Gasteiger charge is -2.36. The van der Waals surface area contributed by atoms with Gasteiger partial charge in [0.25, 0.3) is 0 Å². The van der Waals surface area contributed by atoms with Gasteiger partial charge < -0.3 is 10.1 Å². The summed E-state index contributed by atoms with van der Waals surface area (Å²) in [4.78, 5) is 12.9. The standard InChI is InChI=1S/C22H20F3NO2/c23-22(24,25)19-10-4-6-17(16-19)7-5-13-26-20(27)21(11-14-28-15-12-21)18-8-2-1-3-9-18/h1-4,6,8-10,16H,11-15H2,(H,26,27). The van der Waals surface area contributed by atoms with E-state index in [2.05, 4.69) is 17.2 Å². The third kappa shape index (κ3) is 4.55. The molecule has 0 bridgehead atoms. The summed E-state index contributed by atoms with van der Waals surface area (Å²) in [5.41, 5.74) is -0.222. The molecule has 2 aromatic rings. The molecule has 6 heteroatoms. The minimum Gasteiger partial charge on any atom is -0.381 e. The number of carbonyl (C=O) groups excluding carboxylic acids is 1. The molecule has 1 aliphatic rings. The molecule has 1 N–H and O–H groups in total. The molecule has 0 radical (unpaired) electrons. The van der Waals surface area contributed by atoms with E-state index in [0.717, 1.165) is 17.7 Å². The van der Waals surface area contributed by atoms with Crippen LogP contribution in [-0.2, 0) is 21.1 Å². The summed E-state index contributed by atoms with van der Waals surface area (Å²) in [5, 5.41) is 2.82. The molecular formula is C22H20F3NO2. The van der Waals surface area contributed by atoms with Crippen molar-refractivity contribution >= 4 is 5.91 Å². The van der Waals surface area contributed by atoms with E-state index in [1.165, 1.54) is 12.1 Å². The van der Waals surface area contributed by atoms with Gasteiger partial charge in [0.2, 0.25) is 5.91 Å². The fourth-order valence-electron chi connectivity index (χ4n) is 3.34. The van der Waals surface area contributed by atoms with E-state index >= 15 is 0 Å². The Kier molecular flexibility index (Phi) is 6.05. The van der Waals surface area contributed by atoms with Crippen LogP contribution >= 0.6 is 0 Å². The van der Waals surface area contributed by atoms with Crippen LogP contribution in [-0.4, -0.2) is 25.7 Å². The monoisotopic (exact) mass is 387 g/mol. The van der Waals surface area contributed by atoms with Gasteiger partial charge >= 0.3 is 6.18 Å². The van der Waals surface area contributed by atoms with E-state index in [4.69, 9.17) is 4.74 Å². The molecule has 1 aliphatic heterocycles. The summed E-state index contributed by atoms with van der Waals surface area (Å²) in [6.07, 6.45) is -3.26. The highest BCUT2D eigenvalue weighted by molar-refractivity contribution is 5.88. The molecule has 146 valence electrons. The lowest BCUT2D eigenvalue weighted by molar-refractivity contribution is -0.137. The predicted molar refractivity (Wildman–Crippen MR) is 99.5 cm³/mol. The van der Waals surface area contributed by atoms with Crippen molar-refractivity contribution in [2.45, 2.75) is 24.4 Å². The first-order valence-electron chi connectivity index (χ1n) is 8.99. The van der Waals surface area contributed by atoms with E-state index < -0.39 is 17.2 Å². The number of nitrogens with one attached hydrogen (secondary N) is 1. The van der Waals surface area contributed by atoms with Crippen LogP contribution in [0.1, 0.15) is 29.5 Å². The quantitative estimate of drug-likeness (QED) is 0.811. The van der Waals surface area contributed by atoms with Crippen molar-refractivity contribution < 1.29 is 22.7 Å². The second-order valence-electron chi connectivity index (χ2n) is 6.62. The first-order chi connectivity index (χ1) is 13.4. The van der Waals surface area contributed by atoms with Crippen molar-refractivity contribution in [2.24, 2.45) is 0 Å². The smallest absolute Gasteiger partial charge is 0.381 e. The molecular weight excluding hydrogens is 367 g/mol. The van der Waals surface area contributed by atoms with Crippen molar-refractivity contribution in [1.82, 2.24) is 5.32 Å². The van der Waals surface area contributed by atoms with Gasteiger partial charge in [0.15, 0.2) is 0 Å². The SMILES string of the molecule is O=C(NCC#Cc1cccc(C(F)(F)F)c1)C1(c2ccccc2)CCOCC1. The first-order valence-corrected chi connectivity index (χ1v) is 8.99. The third-order valence-corrected chi connectivity index (χ3v) is 4.87.